The maximum absolute atomic E-state index is 11.2. The number of ether oxygens (including phenoxy) is 1. The number of carbonyl (C=O) groups is 1. The number of halogens is 1. The van der Waals surface area contributed by atoms with Crippen LogP contribution in [0, 0.1) is 0 Å². The number of aromatic nitrogens is 1. The molecule has 1 fully saturated rings. The number of primary amides is 1. The average Bonchev–Trinajstić information content (AvgIpc) is 2.40. The molecule has 1 aliphatic heterocycles. The van der Waals surface area contributed by atoms with Gasteiger partial charge in [0.05, 0.1) is 25.3 Å². The van der Waals surface area contributed by atoms with Gasteiger partial charge in [-0.05, 0) is 12.1 Å². The van der Waals surface area contributed by atoms with Crippen molar-refractivity contribution in [3.8, 4) is 0 Å². The molecule has 2 heterocycles. The van der Waals surface area contributed by atoms with Gasteiger partial charge in [-0.1, -0.05) is 11.8 Å². The second-order valence-electron chi connectivity index (χ2n) is 4.18. The van der Waals surface area contributed by atoms with E-state index in [0.29, 0.717) is 5.56 Å². The molecular weight excluding hydrogens is 286 g/mol. The normalized spacial score (nSPS) is 15.8. The second-order valence-corrected chi connectivity index (χ2v) is 5.26. The van der Waals surface area contributed by atoms with Crippen molar-refractivity contribution in [3.63, 3.8) is 0 Å². The summed E-state index contributed by atoms with van der Waals surface area (Å²) in [4.78, 5) is 17.0. The molecule has 1 aromatic rings. The first-order valence-electron chi connectivity index (χ1n) is 6.06. The summed E-state index contributed by atoms with van der Waals surface area (Å²) in [5.41, 5.74) is 5.83. The van der Waals surface area contributed by atoms with Crippen molar-refractivity contribution in [2.24, 2.45) is 5.73 Å². The highest BCUT2D eigenvalue weighted by Gasteiger charge is 2.14. The molecule has 5 nitrogen and oxygen atoms in total. The van der Waals surface area contributed by atoms with Crippen LogP contribution >= 0.6 is 11.8 Å². The van der Waals surface area contributed by atoms with Crippen LogP contribution in [0.4, 0.5) is 0 Å². The Hall–Kier alpha value is -0.820. The van der Waals surface area contributed by atoms with Crippen molar-refractivity contribution in [1.82, 2.24) is 4.98 Å². The summed E-state index contributed by atoms with van der Waals surface area (Å²) in [7, 11) is 0. The van der Waals surface area contributed by atoms with Crippen LogP contribution in [-0.4, -0.2) is 49.5 Å². The van der Waals surface area contributed by atoms with E-state index in [2.05, 4.69) is 4.98 Å². The van der Waals surface area contributed by atoms with E-state index in [4.69, 9.17) is 10.5 Å². The van der Waals surface area contributed by atoms with Crippen molar-refractivity contribution in [1.29, 1.82) is 0 Å². The van der Waals surface area contributed by atoms with Crippen LogP contribution in [0.1, 0.15) is 10.4 Å². The van der Waals surface area contributed by atoms with Gasteiger partial charge in [-0.2, -0.15) is 0 Å². The molecule has 0 aromatic carbocycles. The molecule has 3 N–H and O–H groups in total. The molecule has 0 aliphatic carbocycles. The highest BCUT2D eigenvalue weighted by atomic mass is 35.5. The van der Waals surface area contributed by atoms with E-state index >= 15 is 0 Å². The SMILES string of the molecule is NC(=O)c1cccnc1SCC[NH+]1CCOCC1.[Cl-]. The van der Waals surface area contributed by atoms with E-state index in [1.165, 1.54) is 0 Å². The zero-order valence-electron chi connectivity index (χ0n) is 10.6. The van der Waals surface area contributed by atoms with Gasteiger partial charge in [-0.15, -0.1) is 0 Å². The number of quaternary nitrogens is 1. The second kappa shape index (κ2) is 8.37. The van der Waals surface area contributed by atoms with Crippen LogP contribution in [0.5, 0.6) is 0 Å². The van der Waals surface area contributed by atoms with Gasteiger partial charge in [0.25, 0.3) is 5.91 Å². The number of morpholine rings is 1. The van der Waals surface area contributed by atoms with Crippen molar-refractivity contribution in [2.45, 2.75) is 5.03 Å². The minimum absolute atomic E-state index is 0. The number of hydrogen-bond donors (Lipinski definition) is 2. The molecule has 1 amide bonds. The first-order valence-corrected chi connectivity index (χ1v) is 7.05. The fraction of sp³-hybridized carbons (Fsp3) is 0.500. The van der Waals surface area contributed by atoms with Crippen LogP contribution in [0.15, 0.2) is 23.4 Å². The summed E-state index contributed by atoms with van der Waals surface area (Å²) in [6.07, 6.45) is 1.69. The quantitative estimate of drug-likeness (QED) is 0.547. The average molecular weight is 304 g/mol. The fourth-order valence-electron chi connectivity index (χ4n) is 1.90. The number of nitrogens with two attached hydrogens (primary N) is 1. The van der Waals surface area contributed by atoms with Gasteiger partial charge >= 0.3 is 0 Å². The number of hydrogen-bond acceptors (Lipinski definition) is 4. The van der Waals surface area contributed by atoms with Crippen molar-refractivity contribution in [2.75, 3.05) is 38.6 Å². The Kier molecular flexibility index (Phi) is 7.15. The highest BCUT2D eigenvalue weighted by Crippen LogP contribution is 2.18. The number of amides is 1. The van der Waals surface area contributed by atoms with Gasteiger partial charge in [0.2, 0.25) is 0 Å². The summed E-state index contributed by atoms with van der Waals surface area (Å²) in [5, 5.41) is 0.734. The molecule has 0 unspecified atom stereocenters. The standard InChI is InChI=1S/C12H17N3O2S.ClH/c13-11(16)10-2-1-3-14-12(10)18-9-6-15-4-7-17-8-5-15;/h1-3H,4-9H2,(H2,13,16);1H. The predicted molar refractivity (Wildman–Crippen MR) is 69.9 cm³/mol. The summed E-state index contributed by atoms with van der Waals surface area (Å²) in [6.45, 7) is 4.87. The Labute approximate surface area is 123 Å². The van der Waals surface area contributed by atoms with Gasteiger partial charge in [0, 0.05) is 11.9 Å². The molecular formula is C12H18ClN3O2S. The number of pyridine rings is 1. The largest absolute Gasteiger partial charge is 1.00 e. The molecule has 0 atom stereocenters. The van der Waals surface area contributed by atoms with Gasteiger partial charge in [0.1, 0.15) is 18.1 Å². The lowest BCUT2D eigenvalue weighted by Crippen LogP contribution is -3.14. The zero-order chi connectivity index (χ0) is 12.8. The number of nitrogens with one attached hydrogen (secondary N) is 1. The van der Waals surface area contributed by atoms with Crippen LogP contribution in [0.2, 0.25) is 0 Å². The molecule has 0 saturated carbocycles. The highest BCUT2D eigenvalue weighted by molar-refractivity contribution is 7.99. The minimum Gasteiger partial charge on any atom is -1.00 e. The number of nitrogens with zero attached hydrogens (tertiary/aromatic N) is 1. The van der Waals surface area contributed by atoms with Crippen LogP contribution < -0.4 is 23.0 Å². The molecule has 7 heteroatoms. The topological polar surface area (TPSA) is 69.7 Å². The van der Waals surface area contributed by atoms with Gasteiger partial charge in [0.15, 0.2) is 0 Å². The summed E-state index contributed by atoms with van der Waals surface area (Å²) in [6, 6.07) is 3.45. The summed E-state index contributed by atoms with van der Waals surface area (Å²) >= 11 is 1.60. The monoisotopic (exact) mass is 303 g/mol. The predicted octanol–water partition coefficient (Wildman–Crippen LogP) is -3.81. The Morgan fingerprint density at radius 1 is 1.47 bits per heavy atom. The maximum Gasteiger partial charge on any atom is 0.251 e. The van der Waals surface area contributed by atoms with Crippen LogP contribution in [-0.2, 0) is 4.74 Å². The minimum atomic E-state index is -0.413. The van der Waals surface area contributed by atoms with Crippen molar-refractivity contribution >= 4 is 17.7 Å². The molecule has 0 bridgehead atoms. The summed E-state index contributed by atoms with van der Waals surface area (Å²) in [5.74, 6) is 0.524. The number of rotatable bonds is 5. The van der Waals surface area contributed by atoms with E-state index in [-0.39, 0.29) is 12.4 Å². The van der Waals surface area contributed by atoms with E-state index in [1.807, 2.05) is 0 Å². The van der Waals surface area contributed by atoms with Gasteiger partial charge in [-0.25, -0.2) is 4.98 Å². The fourth-order valence-corrected chi connectivity index (χ4v) is 2.94. The van der Waals surface area contributed by atoms with Crippen molar-refractivity contribution in [3.05, 3.63) is 23.9 Å². The molecule has 1 aromatic heterocycles. The lowest BCUT2D eigenvalue weighted by Gasteiger charge is -2.23. The molecule has 19 heavy (non-hydrogen) atoms. The Morgan fingerprint density at radius 2 is 2.21 bits per heavy atom. The van der Waals surface area contributed by atoms with E-state index in [0.717, 1.165) is 43.6 Å². The van der Waals surface area contributed by atoms with Crippen LogP contribution in [0.3, 0.4) is 0 Å². The summed E-state index contributed by atoms with van der Waals surface area (Å²) < 4.78 is 5.31. The van der Waals surface area contributed by atoms with Gasteiger partial charge < -0.3 is 27.8 Å². The smallest absolute Gasteiger partial charge is 0.251 e. The third kappa shape index (κ3) is 4.99. The first-order chi connectivity index (χ1) is 8.77. The third-order valence-electron chi connectivity index (χ3n) is 2.93. The molecule has 1 aliphatic rings. The van der Waals surface area contributed by atoms with E-state index < -0.39 is 5.91 Å². The molecule has 1 saturated heterocycles. The molecule has 106 valence electrons. The molecule has 0 spiro atoms. The van der Waals surface area contributed by atoms with Gasteiger partial charge in [-0.3, -0.25) is 4.79 Å². The third-order valence-corrected chi connectivity index (χ3v) is 3.94. The van der Waals surface area contributed by atoms with E-state index in [9.17, 15) is 4.79 Å². The zero-order valence-corrected chi connectivity index (χ0v) is 12.2. The lowest BCUT2D eigenvalue weighted by molar-refractivity contribution is -0.905. The Balaban J connectivity index is 0.00000180. The van der Waals surface area contributed by atoms with E-state index in [1.54, 1.807) is 35.0 Å². The molecule has 0 radical (unpaired) electrons. The number of carbonyl (C=O) groups excluding carboxylic acids is 1. The Bertz CT molecular complexity index is 414. The van der Waals surface area contributed by atoms with Crippen LogP contribution in [0.25, 0.3) is 0 Å². The first kappa shape index (κ1) is 16.2. The van der Waals surface area contributed by atoms with Crippen molar-refractivity contribution < 1.29 is 26.8 Å². The molecule has 2 rings (SSSR count). The lowest BCUT2D eigenvalue weighted by atomic mass is 10.3. The Morgan fingerprint density at radius 3 is 2.89 bits per heavy atom. The number of thioether (sulfide) groups is 1. The maximum atomic E-state index is 11.2.